The zero-order valence-corrected chi connectivity index (χ0v) is 7.84. The Morgan fingerprint density at radius 1 is 1.40 bits per heavy atom. The predicted molar refractivity (Wildman–Crippen MR) is 49.9 cm³/mol. The third-order valence-electron chi connectivity index (χ3n) is 1.84. The van der Waals surface area contributed by atoms with Crippen LogP contribution < -0.4 is 0 Å². The number of hydrogen-bond donors (Lipinski definition) is 1. The van der Waals surface area contributed by atoms with Gasteiger partial charge < -0.3 is 5.11 Å². The molecule has 2 heterocycles. The van der Waals surface area contributed by atoms with Crippen LogP contribution in [0.5, 0.6) is 0 Å². The minimum Gasteiger partial charge on any atom is -0.396 e. The number of aliphatic hydroxyl groups excluding tert-OH is 1. The summed E-state index contributed by atoms with van der Waals surface area (Å²) >= 11 is 0. The normalized spacial score (nSPS) is 10.5. The Hall–Kier alpha value is -1.82. The number of nitrogens with zero attached hydrogens (tertiary/aromatic N) is 4. The van der Waals surface area contributed by atoms with E-state index in [4.69, 9.17) is 5.11 Å². The third-order valence-corrected chi connectivity index (χ3v) is 1.84. The van der Waals surface area contributed by atoms with Gasteiger partial charge in [-0.3, -0.25) is 0 Å². The topological polar surface area (TPSA) is 63.8 Å². The summed E-state index contributed by atoms with van der Waals surface area (Å²) < 4.78 is 14.2. The number of halogens is 1. The van der Waals surface area contributed by atoms with Crippen LogP contribution in [0.2, 0.25) is 0 Å². The maximum atomic E-state index is 12.8. The van der Waals surface area contributed by atoms with Crippen molar-refractivity contribution in [2.45, 2.75) is 6.42 Å². The molecule has 0 radical (unpaired) electrons. The molecule has 2 aromatic heterocycles. The summed E-state index contributed by atoms with van der Waals surface area (Å²) in [6.07, 6.45) is 2.04. The Kier molecular flexibility index (Phi) is 2.68. The van der Waals surface area contributed by atoms with Crippen LogP contribution in [0.1, 0.15) is 5.69 Å². The first-order valence-corrected chi connectivity index (χ1v) is 4.44. The fraction of sp³-hybridized carbons (Fsp3) is 0.222. The fourth-order valence-corrected chi connectivity index (χ4v) is 1.16. The predicted octanol–water partition coefficient (Wildman–Crippen LogP) is 0.336. The second-order valence-corrected chi connectivity index (χ2v) is 2.95. The minimum atomic E-state index is -0.563. The molecular weight excluding hydrogens is 199 g/mol. The van der Waals surface area contributed by atoms with Crippen LogP contribution in [-0.2, 0) is 6.42 Å². The van der Waals surface area contributed by atoms with Gasteiger partial charge in [-0.25, -0.2) is 9.67 Å². The second-order valence-electron chi connectivity index (χ2n) is 2.95. The molecule has 5 nitrogen and oxygen atoms in total. The molecule has 15 heavy (non-hydrogen) atoms. The molecule has 0 saturated heterocycles. The molecule has 0 aliphatic carbocycles. The lowest BCUT2D eigenvalue weighted by molar-refractivity contribution is 0.298. The number of hydrogen-bond acceptors (Lipinski definition) is 4. The van der Waals surface area contributed by atoms with Crippen molar-refractivity contribution in [2.24, 2.45) is 0 Å². The maximum absolute atomic E-state index is 12.8. The lowest BCUT2D eigenvalue weighted by atomic mass is 10.3. The van der Waals surface area contributed by atoms with Gasteiger partial charge in [-0.05, 0) is 12.1 Å². The number of aliphatic hydroxyl groups is 1. The van der Waals surface area contributed by atoms with Gasteiger partial charge in [0.15, 0.2) is 5.82 Å². The van der Waals surface area contributed by atoms with Crippen molar-refractivity contribution < 1.29 is 9.50 Å². The van der Waals surface area contributed by atoms with Gasteiger partial charge in [0, 0.05) is 13.0 Å². The van der Waals surface area contributed by atoms with Crippen LogP contribution in [0.15, 0.2) is 24.4 Å². The van der Waals surface area contributed by atoms with E-state index < -0.39 is 5.95 Å². The van der Waals surface area contributed by atoms with Gasteiger partial charge in [-0.1, -0.05) is 11.3 Å². The van der Waals surface area contributed by atoms with Crippen molar-refractivity contribution in [1.82, 2.24) is 20.0 Å². The second kappa shape index (κ2) is 4.14. The van der Waals surface area contributed by atoms with Crippen LogP contribution in [0.4, 0.5) is 4.39 Å². The van der Waals surface area contributed by atoms with E-state index in [1.807, 2.05) is 0 Å². The van der Waals surface area contributed by atoms with Crippen molar-refractivity contribution >= 4 is 0 Å². The molecule has 1 N–H and O–H groups in total. The molecule has 6 heteroatoms. The number of pyridine rings is 1. The van der Waals surface area contributed by atoms with Crippen LogP contribution in [0.3, 0.4) is 0 Å². The van der Waals surface area contributed by atoms with Gasteiger partial charge in [0.1, 0.15) is 0 Å². The average Bonchev–Trinajstić information content (AvgIpc) is 2.67. The molecule has 0 aliphatic heterocycles. The summed E-state index contributed by atoms with van der Waals surface area (Å²) in [6.45, 7) is 0.00920. The number of rotatable bonds is 3. The Morgan fingerprint density at radius 3 is 3.00 bits per heavy atom. The van der Waals surface area contributed by atoms with Gasteiger partial charge in [-0.2, -0.15) is 4.39 Å². The zero-order chi connectivity index (χ0) is 10.7. The summed E-state index contributed by atoms with van der Waals surface area (Å²) in [5, 5.41) is 16.3. The summed E-state index contributed by atoms with van der Waals surface area (Å²) in [4.78, 5) is 3.65. The molecule has 2 rings (SSSR count). The highest BCUT2D eigenvalue weighted by Gasteiger charge is 2.03. The zero-order valence-electron chi connectivity index (χ0n) is 7.84. The van der Waals surface area contributed by atoms with E-state index in [9.17, 15) is 4.39 Å². The summed E-state index contributed by atoms with van der Waals surface area (Å²) in [5.74, 6) is -0.196. The van der Waals surface area contributed by atoms with E-state index >= 15 is 0 Å². The third kappa shape index (κ3) is 2.16. The molecule has 0 aromatic carbocycles. The van der Waals surface area contributed by atoms with Crippen molar-refractivity contribution in [1.29, 1.82) is 0 Å². The first-order chi connectivity index (χ1) is 7.29. The molecule has 0 saturated carbocycles. The smallest absolute Gasteiger partial charge is 0.214 e. The lowest BCUT2D eigenvalue weighted by Gasteiger charge is -1.97. The first kappa shape index (κ1) is 9.72. The summed E-state index contributed by atoms with van der Waals surface area (Å²) in [6, 6.07) is 4.43. The van der Waals surface area contributed by atoms with Gasteiger partial charge in [-0.15, -0.1) is 5.10 Å². The lowest BCUT2D eigenvalue weighted by Crippen LogP contribution is -1.99. The Bertz CT molecular complexity index is 457. The maximum Gasteiger partial charge on any atom is 0.214 e. The van der Waals surface area contributed by atoms with E-state index in [-0.39, 0.29) is 6.61 Å². The summed E-state index contributed by atoms with van der Waals surface area (Å²) in [7, 11) is 0. The van der Waals surface area contributed by atoms with Gasteiger partial charge >= 0.3 is 0 Å². The summed E-state index contributed by atoms with van der Waals surface area (Å²) in [5.41, 5.74) is 0.642. The Balaban J connectivity index is 2.29. The van der Waals surface area contributed by atoms with Crippen LogP contribution >= 0.6 is 0 Å². The van der Waals surface area contributed by atoms with E-state index in [1.165, 1.54) is 10.7 Å². The molecule has 0 amide bonds. The van der Waals surface area contributed by atoms with E-state index in [1.54, 1.807) is 18.3 Å². The van der Waals surface area contributed by atoms with Crippen LogP contribution in [0.25, 0.3) is 5.82 Å². The molecule has 0 unspecified atom stereocenters. The Morgan fingerprint density at radius 2 is 2.27 bits per heavy atom. The van der Waals surface area contributed by atoms with Crippen molar-refractivity contribution in [2.75, 3.05) is 6.61 Å². The van der Waals surface area contributed by atoms with Crippen LogP contribution in [0, 0.1) is 5.95 Å². The van der Waals surface area contributed by atoms with E-state index in [0.717, 1.165) is 0 Å². The molecule has 0 aliphatic rings. The molecule has 0 spiro atoms. The standard InChI is InChI=1S/C9H9FN4O/c10-8-2-1-3-9(11-8)14-6-7(4-5-15)12-13-14/h1-3,6,15H,4-5H2. The number of aromatic nitrogens is 4. The molecule has 78 valence electrons. The molecule has 0 bridgehead atoms. The SMILES string of the molecule is OCCc1cn(-c2cccc(F)n2)nn1. The van der Waals surface area contributed by atoms with Gasteiger partial charge in [0.05, 0.1) is 11.9 Å². The largest absolute Gasteiger partial charge is 0.396 e. The first-order valence-electron chi connectivity index (χ1n) is 4.44. The van der Waals surface area contributed by atoms with Gasteiger partial charge in [0.25, 0.3) is 0 Å². The highest BCUT2D eigenvalue weighted by molar-refractivity contribution is 5.20. The average molecular weight is 208 g/mol. The van der Waals surface area contributed by atoms with Crippen LogP contribution in [-0.4, -0.2) is 31.7 Å². The minimum absolute atomic E-state index is 0.00920. The molecule has 2 aromatic rings. The highest BCUT2D eigenvalue weighted by atomic mass is 19.1. The van der Waals surface area contributed by atoms with Crippen molar-refractivity contribution in [3.8, 4) is 5.82 Å². The van der Waals surface area contributed by atoms with Crippen molar-refractivity contribution in [3.05, 3.63) is 36.0 Å². The van der Waals surface area contributed by atoms with Crippen molar-refractivity contribution in [3.63, 3.8) is 0 Å². The van der Waals surface area contributed by atoms with Gasteiger partial charge in [0.2, 0.25) is 5.95 Å². The monoisotopic (exact) mass is 208 g/mol. The quantitative estimate of drug-likeness (QED) is 0.738. The fourth-order valence-electron chi connectivity index (χ4n) is 1.16. The molecular formula is C9H9FN4O. The van der Waals surface area contributed by atoms with E-state index in [2.05, 4.69) is 15.3 Å². The van der Waals surface area contributed by atoms with E-state index in [0.29, 0.717) is 17.9 Å². The molecule has 0 fully saturated rings. The highest BCUT2D eigenvalue weighted by Crippen LogP contribution is 2.04. The Labute approximate surface area is 85.2 Å². The molecule has 0 atom stereocenters.